The van der Waals surface area contributed by atoms with Gasteiger partial charge in [0.2, 0.25) is 0 Å². The van der Waals surface area contributed by atoms with Crippen molar-refractivity contribution in [3.8, 4) is 0 Å². The second kappa shape index (κ2) is 5.22. The van der Waals surface area contributed by atoms with Crippen LogP contribution in [-0.4, -0.2) is 10.1 Å². The van der Waals surface area contributed by atoms with Gasteiger partial charge in [-0.3, -0.25) is 0 Å². The van der Waals surface area contributed by atoms with Crippen LogP contribution >= 0.6 is 0 Å². The van der Waals surface area contributed by atoms with Gasteiger partial charge < -0.3 is 10.1 Å². The van der Waals surface area contributed by atoms with Crippen LogP contribution in [0.3, 0.4) is 0 Å². The Morgan fingerprint density at radius 3 is 2.32 bits per heavy atom. The van der Waals surface area contributed by atoms with Crippen molar-refractivity contribution in [2.24, 2.45) is 0 Å². The molecule has 1 unspecified atom stereocenters. The lowest BCUT2D eigenvalue weighted by Crippen LogP contribution is -2.05. The van der Waals surface area contributed by atoms with Crippen LogP contribution in [-0.2, 0) is 6.42 Å². The fraction of sp³-hybridized carbons (Fsp3) is 0.412. The van der Waals surface area contributed by atoms with E-state index in [2.05, 4.69) is 57.8 Å². The van der Waals surface area contributed by atoms with Crippen LogP contribution in [0.4, 0.5) is 0 Å². The van der Waals surface area contributed by atoms with Crippen molar-refractivity contribution in [2.45, 2.75) is 47.1 Å². The maximum Gasteiger partial charge on any atom is 0.0980 e. The molecular weight excluding hydrogens is 234 g/mol. The molecule has 2 N–H and O–H groups in total. The number of aromatic amines is 1. The van der Waals surface area contributed by atoms with Gasteiger partial charge >= 0.3 is 0 Å². The summed E-state index contributed by atoms with van der Waals surface area (Å²) in [6.45, 7) is 10.4. The zero-order valence-electron chi connectivity index (χ0n) is 12.5. The molecule has 0 bridgehead atoms. The molecule has 19 heavy (non-hydrogen) atoms. The molecule has 2 nitrogen and oxygen atoms in total. The molecule has 2 rings (SSSR count). The van der Waals surface area contributed by atoms with E-state index in [1.54, 1.807) is 0 Å². The summed E-state index contributed by atoms with van der Waals surface area (Å²) in [5.41, 5.74) is 8.22. The number of benzene rings is 1. The summed E-state index contributed by atoms with van der Waals surface area (Å²) in [6, 6.07) is 6.39. The number of hydrogen-bond donors (Lipinski definition) is 2. The third-order valence-corrected chi connectivity index (χ3v) is 4.10. The molecule has 2 aromatic rings. The largest absolute Gasteiger partial charge is 0.387 e. The van der Waals surface area contributed by atoms with Gasteiger partial charge in [0.05, 0.1) is 6.10 Å². The lowest BCUT2D eigenvalue weighted by Gasteiger charge is -2.13. The van der Waals surface area contributed by atoms with Crippen molar-refractivity contribution < 1.29 is 5.11 Å². The van der Waals surface area contributed by atoms with Crippen LogP contribution in [0, 0.1) is 34.6 Å². The average Bonchev–Trinajstić information content (AvgIpc) is 2.62. The van der Waals surface area contributed by atoms with Gasteiger partial charge in [-0.1, -0.05) is 23.8 Å². The molecule has 0 radical (unpaired) electrons. The normalized spacial score (nSPS) is 12.7. The minimum absolute atomic E-state index is 0.465. The van der Waals surface area contributed by atoms with E-state index in [1.165, 1.54) is 27.8 Å². The van der Waals surface area contributed by atoms with Crippen molar-refractivity contribution in [1.82, 2.24) is 4.98 Å². The number of H-pyrrole nitrogens is 1. The molecule has 0 amide bonds. The molecule has 0 aliphatic carbocycles. The SMILES string of the molecule is Cc1ccc(C)c(CC(O)c2[nH]c(C)c(C)c2C)c1. The Bertz CT molecular complexity index is 596. The van der Waals surface area contributed by atoms with Gasteiger partial charge in [0, 0.05) is 17.8 Å². The summed E-state index contributed by atoms with van der Waals surface area (Å²) in [7, 11) is 0. The first kappa shape index (κ1) is 13.9. The lowest BCUT2D eigenvalue weighted by atomic mass is 9.97. The molecule has 0 spiro atoms. The number of hydrogen-bond acceptors (Lipinski definition) is 1. The fourth-order valence-electron chi connectivity index (χ4n) is 2.54. The topological polar surface area (TPSA) is 36.0 Å². The standard InChI is InChI=1S/C17H23NO/c1-10-6-7-11(2)15(8-10)9-16(19)17-13(4)12(3)14(5)18-17/h6-8,16,18-19H,9H2,1-5H3. The molecule has 0 aliphatic heterocycles. The summed E-state index contributed by atoms with van der Waals surface area (Å²) in [4.78, 5) is 3.32. The third-order valence-electron chi connectivity index (χ3n) is 4.10. The highest BCUT2D eigenvalue weighted by Gasteiger charge is 2.17. The minimum atomic E-state index is -0.465. The third kappa shape index (κ3) is 2.74. The number of aliphatic hydroxyl groups excluding tert-OH is 1. The van der Waals surface area contributed by atoms with Crippen LogP contribution in [0.5, 0.6) is 0 Å². The number of aliphatic hydroxyl groups is 1. The minimum Gasteiger partial charge on any atom is -0.387 e. The summed E-state index contributed by atoms with van der Waals surface area (Å²) in [5, 5.41) is 10.5. The summed E-state index contributed by atoms with van der Waals surface area (Å²) >= 11 is 0. The van der Waals surface area contributed by atoms with Gasteiger partial charge in [-0.05, 0) is 56.9 Å². The van der Waals surface area contributed by atoms with Crippen LogP contribution < -0.4 is 0 Å². The fourth-order valence-corrected chi connectivity index (χ4v) is 2.54. The first-order valence-electron chi connectivity index (χ1n) is 6.80. The Morgan fingerprint density at radius 1 is 1.05 bits per heavy atom. The van der Waals surface area contributed by atoms with E-state index >= 15 is 0 Å². The molecule has 0 aliphatic rings. The van der Waals surface area contributed by atoms with Crippen LogP contribution in [0.2, 0.25) is 0 Å². The number of aromatic nitrogens is 1. The smallest absolute Gasteiger partial charge is 0.0980 e. The predicted molar refractivity (Wildman–Crippen MR) is 79.6 cm³/mol. The van der Waals surface area contributed by atoms with Crippen molar-refractivity contribution in [3.05, 3.63) is 57.4 Å². The highest BCUT2D eigenvalue weighted by Crippen LogP contribution is 2.26. The van der Waals surface area contributed by atoms with Crippen molar-refractivity contribution >= 4 is 0 Å². The Labute approximate surface area is 115 Å². The summed E-state index contributed by atoms with van der Waals surface area (Å²) < 4.78 is 0. The Hall–Kier alpha value is -1.54. The van der Waals surface area contributed by atoms with Gasteiger partial charge in [-0.15, -0.1) is 0 Å². The molecule has 1 atom stereocenters. The van der Waals surface area contributed by atoms with Gasteiger partial charge in [-0.25, -0.2) is 0 Å². The molecule has 1 aromatic heterocycles. The molecule has 1 aromatic carbocycles. The van der Waals surface area contributed by atoms with E-state index in [4.69, 9.17) is 0 Å². The zero-order valence-corrected chi connectivity index (χ0v) is 12.5. The molecule has 2 heteroatoms. The first-order chi connectivity index (χ1) is 8.90. The Balaban J connectivity index is 2.28. The summed E-state index contributed by atoms with van der Waals surface area (Å²) in [6.07, 6.45) is 0.196. The lowest BCUT2D eigenvalue weighted by molar-refractivity contribution is 0.173. The Kier molecular flexibility index (Phi) is 3.81. The molecular formula is C17H23NO. The van der Waals surface area contributed by atoms with E-state index in [0.29, 0.717) is 6.42 Å². The zero-order chi connectivity index (χ0) is 14.2. The molecule has 0 fully saturated rings. The first-order valence-corrected chi connectivity index (χ1v) is 6.80. The number of rotatable bonds is 3. The van der Waals surface area contributed by atoms with Crippen LogP contribution in [0.1, 0.15) is 45.3 Å². The molecule has 102 valence electrons. The predicted octanol–water partition coefficient (Wildman–Crippen LogP) is 3.83. The average molecular weight is 257 g/mol. The van der Waals surface area contributed by atoms with E-state index in [1.807, 2.05) is 0 Å². The van der Waals surface area contributed by atoms with E-state index in [-0.39, 0.29) is 0 Å². The monoisotopic (exact) mass is 257 g/mol. The Morgan fingerprint density at radius 2 is 1.74 bits per heavy atom. The van der Waals surface area contributed by atoms with Gasteiger partial charge in [0.1, 0.15) is 0 Å². The highest BCUT2D eigenvalue weighted by molar-refractivity contribution is 5.37. The van der Waals surface area contributed by atoms with E-state index in [0.717, 1.165) is 11.4 Å². The highest BCUT2D eigenvalue weighted by atomic mass is 16.3. The maximum atomic E-state index is 10.5. The van der Waals surface area contributed by atoms with Gasteiger partial charge in [0.15, 0.2) is 0 Å². The quantitative estimate of drug-likeness (QED) is 0.861. The van der Waals surface area contributed by atoms with Gasteiger partial charge in [-0.2, -0.15) is 0 Å². The number of aryl methyl sites for hydroxylation is 3. The molecule has 0 saturated carbocycles. The molecule has 1 heterocycles. The number of nitrogens with one attached hydrogen (secondary N) is 1. The molecule has 0 saturated heterocycles. The van der Waals surface area contributed by atoms with Crippen LogP contribution in [0.15, 0.2) is 18.2 Å². The van der Waals surface area contributed by atoms with Crippen LogP contribution in [0.25, 0.3) is 0 Å². The second-order valence-corrected chi connectivity index (χ2v) is 5.56. The van der Waals surface area contributed by atoms with Crippen molar-refractivity contribution in [1.29, 1.82) is 0 Å². The summed E-state index contributed by atoms with van der Waals surface area (Å²) in [5.74, 6) is 0. The van der Waals surface area contributed by atoms with Crippen molar-refractivity contribution in [2.75, 3.05) is 0 Å². The maximum absolute atomic E-state index is 10.5. The van der Waals surface area contributed by atoms with Gasteiger partial charge in [0.25, 0.3) is 0 Å². The van der Waals surface area contributed by atoms with E-state index < -0.39 is 6.10 Å². The van der Waals surface area contributed by atoms with Crippen molar-refractivity contribution in [3.63, 3.8) is 0 Å². The second-order valence-electron chi connectivity index (χ2n) is 5.56. The van der Waals surface area contributed by atoms with E-state index in [9.17, 15) is 5.11 Å².